The van der Waals surface area contributed by atoms with Crippen molar-refractivity contribution in [3.8, 4) is 11.8 Å². The molecule has 4 aliphatic heterocycles. The van der Waals surface area contributed by atoms with Crippen LogP contribution in [-0.4, -0.2) is 82.7 Å². The first-order valence-electron chi connectivity index (χ1n) is 13.0. The van der Waals surface area contributed by atoms with Gasteiger partial charge in [-0.05, 0) is 68.5 Å². The van der Waals surface area contributed by atoms with Gasteiger partial charge >= 0.3 is 0 Å². The third kappa shape index (κ3) is 3.33. The number of aliphatic hydroxyl groups excluding tert-OH is 1. The van der Waals surface area contributed by atoms with Gasteiger partial charge in [0.25, 0.3) is 0 Å². The van der Waals surface area contributed by atoms with Crippen molar-refractivity contribution < 1.29 is 24.5 Å². The Morgan fingerprint density at radius 1 is 1.27 bits per heavy atom. The molecule has 7 atom stereocenters. The first kappa shape index (κ1) is 24.4. The number of amides is 1. The maximum absolute atomic E-state index is 12.1. The topological polar surface area (TPSA) is 118 Å². The summed E-state index contributed by atoms with van der Waals surface area (Å²) in [6.07, 6.45) is -0.108. The van der Waals surface area contributed by atoms with E-state index in [4.69, 9.17) is 9.47 Å². The second kappa shape index (κ2) is 8.57. The van der Waals surface area contributed by atoms with Crippen LogP contribution in [0.25, 0.3) is 0 Å². The molecular weight excluding hydrogens is 472 g/mol. The third-order valence-corrected chi connectivity index (χ3v) is 9.35. The molecule has 1 amide bonds. The quantitative estimate of drug-likeness (QED) is 0.519. The number of nitrogens with zero attached hydrogens (tertiary/aromatic N) is 3. The highest BCUT2D eigenvalue weighted by Gasteiger charge is 2.58. The average Bonchev–Trinajstić information content (AvgIpc) is 3.35. The molecule has 6 rings (SSSR count). The van der Waals surface area contributed by atoms with Crippen LogP contribution in [0, 0.1) is 25.2 Å². The third-order valence-electron chi connectivity index (χ3n) is 9.35. The summed E-state index contributed by atoms with van der Waals surface area (Å²) in [6, 6.07) is 3.48. The van der Waals surface area contributed by atoms with Gasteiger partial charge in [-0.3, -0.25) is 14.6 Å². The van der Waals surface area contributed by atoms with Gasteiger partial charge < -0.3 is 25.0 Å². The molecule has 0 saturated carbocycles. The Balaban J connectivity index is 1.56. The van der Waals surface area contributed by atoms with E-state index in [2.05, 4.69) is 27.3 Å². The van der Waals surface area contributed by atoms with E-state index in [1.165, 1.54) is 6.92 Å². The Morgan fingerprint density at radius 3 is 2.73 bits per heavy atom. The number of nitrogens with one attached hydrogen (secondary N) is 1. The number of phenolic OH excluding ortho intramolecular Hbond substituents is 1. The number of piperazine rings is 1. The van der Waals surface area contributed by atoms with Gasteiger partial charge in [0, 0.05) is 36.7 Å². The second-order valence-corrected chi connectivity index (χ2v) is 11.1. The highest BCUT2D eigenvalue weighted by Crippen LogP contribution is 2.54. The molecule has 3 N–H and O–H groups in total. The fourth-order valence-corrected chi connectivity index (χ4v) is 7.48. The number of ether oxygens (including phenoxy) is 2. The van der Waals surface area contributed by atoms with Crippen LogP contribution in [0.15, 0.2) is 28.5 Å². The number of likely N-dealkylation sites (N-methyl/N-ethyl adjacent to an activating group) is 1. The SMILES string of the molecule is CC(=O)NC[C@H]1C2=C(CC3C4c5c(cc(C)c(C)c5O)C[C@@H]([C@H](C#N)N31)N4C)C(O)C(C)=C1OCOC12. The van der Waals surface area contributed by atoms with E-state index in [1.807, 2.05) is 27.8 Å². The molecule has 2 fully saturated rings. The summed E-state index contributed by atoms with van der Waals surface area (Å²) < 4.78 is 11.8. The van der Waals surface area contributed by atoms with Gasteiger partial charge in [0.2, 0.25) is 5.91 Å². The summed E-state index contributed by atoms with van der Waals surface area (Å²) in [5, 5.41) is 36.4. The lowest BCUT2D eigenvalue weighted by Gasteiger charge is -2.61. The maximum atomic E-state index is 12.1. The van der Waals surface area contributed by atoms with Crippen molar-refractivity contribution in [3.05, 3.63) is 50.8 Å². The number of rotatable bonds is 2. The molecule has 0 aromatic heterocycles. The summed E-state index contributed by atoms with van der Waals surface area (Å²) in [5.41, 5.74) is 6.40. The van der Waals surface area contributed by atoms with Crippen molar-refractivity contribution in [1.82, 2.24) is 15.1 Å². The predicted molar refractivity (Wildman–Crippen MR) is 134 cm³/mol. The number of nitriles is 1. The number of carbonyl (C=O) groups excluding carboxylic acids is 1. The molecule has 9 heteroatoms. The zero-order valence-corrected chi connectivity index (χ0v) is 21.9. The van der Waals surface area contributed by atoms with E-state index in [1.54, 1.807) is 0 Å². The molecule has 37 heavy (non-hydrogen) atoms. The molecule has 4 heterocycles. The van der Waals surface area contributed by atoms with Crippen molar-refractivity contribution in [2.75, 3.05) is 20.4 Å². The maximum Gasteiger partial charge on any atom is 0.216 e. The van der Waals surface area contributed by atoms with E-state index in [-0.39, 0.29) is 43.4 Å². The fraction of sp³-hybridized carbons (Fsp3) is 0.571. The normalized spacial score (nSPS) is 34.7. The molecule has 1 aromatic rings. The molecule has 1 aromatic carbocycles. The summed E-state index contributed by atoms with van der Waals surface area (Å²) in [6.45, 7) is 7.69. The number of hydrogen-bond donors (Lipinski definition) is 3. The molecule has 196 valence electrons. The minimum Gasteiger partial charge on any atom is -0.507 e. The number of phenols is 1. The lowest BCUT2D eigenvalue weighted by atomic mass is 9.69. The Labute approximate surface area is 216 Å². The first-order valence-corrected chi connectivity index (χ1v) is 13.0. The minimum absolute atomic E-state index is 0.0896. The van der Waals surface area contributed by atoms with Crippen LogP contribution in [0.1, 0.15) is 48.6 Å². The minimum atomic E-state index is -0.829. The van der Waals surface area contributed by atoms with Crippen LogP contribution in [0.2, 0.25) is 0 Å². The van der Waals surface area contributed by atoms with E-state index in [9.17, 15) is 20.3 Å². The van der Waals surface area contributed by atoms with Crippen molar-refractivity contribution in [2.45, 2.75) is 83.0 Å². The van der Waals surface area contributed by atoms with Gasteiger partial charge in [0.1, 0.15) is 23.7 Å². The van der Waals surface area contributed by atoms with Gasteiger partial charge in [0.15, 0.2) is 6.79 Å². The van der Waals surface area contributed by atoms with Gasteiger partial charge in [-0.25, -0.2) is 0 Å². The molecule has 9 nitrogen and oxygen atoms in total. The second-order valence-electron chi connectivity index (χ2n) is 11.1. The number of fused-ring (bicyclic) bond motifs is 8. The summed E-state index contributed by atoms with van der Waals surface area (Å²) in [5.74, 6) is 0.788. The van der Waals surface area contributed by atoms with Gasteiger partial charge in [-0.2, -0.15) is 5.26 Å². The van der Waals surface area contributed by atoms with Gasteiger partial charge in [-0.15, -0.1) is 0 Å². The number of aromatic hydroxyl groups is 1. The van der Waals surface area contributed by atoms with Gasteiger partial charge in [0.05, 0.1) is 24.3 Å². The molecule has 0 spiro atoms. The average molecular weight is 507 g/mol. The summed E-state index contributed by atoms with van der Waals surface area (Å²) in [7, 11) is 2.04. The summed E-state index contributed by atoms with van der Waals surface area (Å²) >= 11 is 0. The smallest absolute Gasteiger partial charge is 0.216 e. The van der Waals surface area contributed by atoms with Crippen LogP contribution in [0.5, 0.6) is 5.75 Å². The molecule has 2 saturated heterocycles. The molecular formula is C28H34N4O5. The predicted octanol–water partition coefficient (Wildman–Crippen LogP) is 1.71. The number of aliphatic hydroxyl groups is 1. The lowest BCUT2D eigenvalue weighted by molar-refractivity contribution is -0.119. The van der Waals surface area contributed by atoms with Crippen LogP contribution >= 0.6 is 0 Å². The standard InChI is InChI=1S/C28H34N4O5/c1-12-6-16-7-18-20(9-29)32-19(24(31(18)5)22(16)26(35)13(12)2)8-17-23(21(32)10-30-15(4)33)28-27(36-11-37-28)14(3)25(17)34/h6,18-21,24-25,28,34-35H,7-8,10-11H2,1-5H3,(H,30,33)/t18-,19?,20-,21-,24?,25?,28?/m0/s1. The molecule has 0 radical (unpaired) electrons. The molecule has 2 bridgehead atoms. The molecule has 5 aliphatic rings. The highest BCUT2D eigenvalue weighted by molar-refractivity contribution is 5.73. The Kier molecular flexibility index (Phi) is 5.66. The highest BCUT2D eigenvalue weighted by atomic mass is 16.7. The fourth-order valence-electron chi connectivity index (χ4n) is 7.48. The van der Waals surface area contributed by atoms with Crippen molar-refractivity contribution in [3.63, 3.8) is 0 Å². The van der Waals surface area contributed by atoms with Crippen LogP contribution in [-0.2, 0) is 20.7 Å². The van der Waals surface area contributed by atoms with Crippen molar-refractivity contribution in [2.24, 2.45) is 0 Å². The van der Waals surface area contributed by atoms with Crippen molar-refractivity contribution in [1.29, 1.82) is 5.26 Å². The van der Waals surface area contributed by atoms with E-state index in [0.717, 1.165) is 39.0 Å². The molecule has 1 aliphatic carbocycles. The van der Waals surface area contributed by atoms with Crippen LogP contribution < -0.4 is 5.32 Å². The van der Waals surface area contributed by atoms with Crippen LogP contribution in [0.4, 0.5) is 0 Å². The number of hydrogen-bond acceptors (Lipinski definition) is 8. The zero-order chi connectivity index (χ0) is 26.3. The Hall–Kier alpha value is -2.90. The Morgan fingerprint density at radius 2 is 2.03 bits per heavy atom. The monoisotopic (exact) mass is 506 g/mol. The Bertz CT molecular complexity index is 1300. The number of benzene rings is 1. The largest absolute Gasteiger partial charge is 0.507 e. The number of aryl methyl sites for hydroxylation is 1. The zero-order valence-electron chi connectivity index (χ0n) is 21.9. The van der Waals surface area contributed by atoms with Crippen LogP contribution in [0.3, 0.4) is 0 Å². The van der Waals surface area contributed by atoms with E-state index < -0.39 is 18.2 Å². The van der Waals surface area contributed by atoms with E-state index >= 15 is 0 Å². The summed E-state index contributed by atoms with van der Waals surface area (Å²) in [4.78, 5) is 16.5. The van der Waals surface area contributed by atoms with Gasteiger partial charge in [-0.1, -0.05) is 6.07 Å². The first-order chi connectivity index (χ1) is 17.6. The van der Waals surface area contributed by atoms with Crippen molar-refractivity contribution >= 4 is 5.91 Å². The van der Waals surface area contributed by atoms with E-state index in [0.29, 0.717) is 24.4 Å². The lowest BCUT2D eigenvalue weighted by Crippen LogP contribution is -2.71. The molecule has 4 unspecified atom stereocenters. The number of carbonyl (C=O) groups is 1.